The minimum atomic E-state index is -3.19. The molecule has 3 aromatic rings. The van der Waals surface area contributed by atoms with Gasteiger partial charge in [-0.05, 0) is 44.0 Å². The molecule has 11 heteroatoms. The molecular formula is C22H22F2N4O4S. The summed E-state index contributed by atoms with van der Waals surface area (Å²) in [7, 11) is -3.19. The van der Waals surface area contributed by atoms with Gasteiger partial charge < -0.3 is 10.1 Å². The number of hydrogen-bond donors (Lipinski definition) is 1. The van der Waals surface area contributed by atoms with E-state index in [4.69, 9.17) is 0 Å². The predicted molar refractivity (Wildman–Crippen MR) is 119 cm³/mol. The highest BCUT2D eigenvalue weighted by Crippen LogP contribution is 2.28. The number of aromatic nitrogens is 3. The first-order valence-electron chi connectivity index (χ1n) is 10.1. The number of fused-ring (bicyclic) bond motifs is 1. The fourth-order valence-electron chi connectivity index (χ4n) is 3.87. The van der Waals surface area contributed by atoms with E-state index in [2.05, 4.69) is 26.7 Å². The summed E-state index contributed by atoms with van der Waals surface area (Å²) in [6.45, 7) is 4.42. The van der Waals surface area contributed by atoms with Crippen molar-refractivity contribution in [3.05, 3.63) is 54.4 Å². The van der Waals surface area contributed by atoms with E-state index in [1.165, 1.54) is 23.0 Å². The number of sulfone groups is 1. The van der Waals surface area contributed by atoms with Gasteiger partial charge in [0.15, 0.2) is 15.5 Å². The lowest BCUT2D eigenvalue weighted by Gasteiger charge is -2.23. The lowest BCUT2D eigenvalue weighted by atomic mass is 10.0. The van der Waals surface area contributed by atoms with Gasteiger partial charge in [0.05, 0.1) is 34.0 Å². The highest BCUT2D eigenvalue weighted by molar-refractivity contribution is 7.91. The molecule has 1 fully saturated rings. The zero-order valence-corrected chi connectivity index (χ0v) is 18.8. The number of amides is 1. The van der Waals surface area contributed by atoms with Crippen molar-refractivity contribution >= 4 is 32.4 Å². The molecule has 8 nitrogen and oxygen atoms in total. The highest BCUT2D eigenvalue weighted by atomic mass is 32.2. The lowest BCUT2D eigenvalue weighted by Crippen LogP contribution is -2.46. The summed E-state index contributed by atoms with van der Waals surface area (Å²) < 4.78 is 54.8. The van der Waals surface area contributed by atoms with Gasteiger partial charge in [-0.3, -0.25) is 4.79 Å². The number of rotatable bonds is 6. The number of benzene rings is 1. The van der Waals surface area contributed by atoms with Gasteiger partial charge in [0.2, 0.25) is 0 Å². The van der Waals surface area contributed by atoms with Gasteiger partial charge in [0.25, 0.3) is 5.91 Å². The number of allylic oxidation sites excluding steroid dienone is 1. The molecule has 0 radical (unpaired) electrons. The first-order valence-corrected chi connectivity index (χ1v) is 11.9. The van der Waals surface area contributed by atoms with E-state index in [1.54, 1.807) is 32.0 Å². The number of ether oxygens (including phenoxy) is 1. The number of carbonyl (C=O) groups excluding carboxylic acids is 1. The van der Waals surface area contributed by atoms with Crippen LogP contribution in [0.4, 0.5) is 8.78 Å². The number of hydrogen-bond acceptors (Lipinski definition) is 6. The van der Waals surface area contributed by atoms with E-state index >= 15 is 0 Å². The molecule has 1 saturated heterocycles. The average molecular weight is 477 g/mol. The van der Waals surface area contributed by atoms with Crippen LogP contribution in [0.3, 0.4) is 0 Å². The Kier molecular flexibility index (Phi) is 5.69. The second-order valence-corrected chi connectivity index (χ2v) is 10.6. The van der Waals surface area contributed by atoms with Crippen molar-refractivity contribution in [2.45, 2.75) is 32.4 Å². The topological polar surface area (TPSA) is 103 Å². The number of carbonyl (C=O) groups is 1. The molecule has 0 unspecified atom stereocenters. The third-order valence-corrected chi connectivity index (χ3v) is 7.30. The summed E-state index contributed by atoms with van der Waals surface area (Å²) in [4.78, 5) is 17.3. The molecule has 0 aliphatic carbocycles. The number of alkyl halides is 2. The summed E-state index contributed by atoms with van der Waals surface area (Å²) >= 11 is 0. The first kappa shape index (κ1) is 22.8. The molecule has 33 heavy (non-hydrogen) atoms. The van der Waals surface area contributed by atoms with Gasteiger partial charge in [0.1, 0.15) is 5.75 Å². The van der Waals surface area contributed by atoms with Crippen LogP contribution in [0.1, 0.15) is 36.3 Å². The molecule has 4 rings (SSSR count). The molecule has 0 bridgehead atoms. The molecule has 174 valence electrons. The SMILES string of the molecule is C=C(C)c1nn(-c2cccc(OC(F)F)c2)c2ncc(C(=O)N[C@@]3(C)CCS(=O)(=O)C3)cc12. The van der Waals surface area contributed by atoms with Gasteiger partial charge in [0, 0.05) is 17.6 Å². The standard InChI is InChI=1S/C22H22F2N4O4S/c1-13(2)18-17-9-14(20(29)26-22(3)7-8-33(30,31)12-22)11-25-19(17)28(27-18)15-5-4-6-16(10-15)32-21(23)24/h4-6,9-11,21H,1,7-8,12H2,2-3H3,(H,26,29)/t22-/m0/s1. The number of nitrogens with zero attached hydrogens (tertiary/aromatic N) is 3. The molecule has 1 N–H and O–H groups in total. The minimum Gasteiger partial charge on any atom is -0.435 e. The summed E-state index contributed by atoms with van der Waals surface area (Å²) in [6, 6.07) is 7.64. The van der Waals surface area contributed by atoms with E-state index in [0.29, 0.717) is 34.4 Å². The maximum atomic E-state index is 12.9. The molecular weight excluding hydrogens is 454 g/mol. The molecule has 3 heterocycles. The summed E-state index contributed by atoms with van der Waals surface area (Å²) in [5.74, 6) is -0.564. The van der Waals surface area contributed by atoms with Gasteiger partial charge in [-0.1, -0.05) is 12.6 Å². The number of nitrogens with one attached hydrogen (secondary N) is 1. The summed E-state index contributed by atoms with van der Waals surface area (Å²) in [5.41, 5.74) is 1.34. The lowest BCUT2D eigenvalue weighted by molar-refractivity contribution is -0.0498. The van der Waals surface area contributed by atoms with Gasteiger partial charge in [-0.2, -0.15) is 13.9 Å². The Morgan fingerprint density at radius 3 is 2.73 bits per heavy atom. The number of pyridine rings is 1. The maximum Gasteiger partial charge on any atom is 0.387 e. The Hall–Kier alpha value is -3.34. The van der Waals surface area contributed by atoms with Crippen molar-refractivity contribution in [1.29, 1.82) is 0 Å². The predicted octanol–water partition coefficient (Wildman–Crippen LogP) is 3.36. The fraction of sp³-hybridized carbons (Fsp3) is 0.318. The Morgan fingerprint density at radius 2 is 2.09 bits per heavy atom. The van der Waals surface area contributed by atoms with Crippen LogP contribution in [0.2, 0.25) is 0 Å². The fourth-order valence-corrected chi connectivity index (χ4v) is 5.96. The Labute approximate surface area is 189 Å². The van der Waals surface area contributed by atoms with Crippen molar-refractivity contribution in [1.82, 2.24) is 20.1 Å². The Morgan fingerprint density at radius 1 is 1.33 bits per heavy atom. The zero-order valence-electron chi connectivity index (χ0n) is 18.0. The second-order valence-electron chi connectivity index (χ2n) is 8.37. The third kappa shape index (κ3) is 4.72. The summed E-state index contributed by atoms with van der Waals surface area (Å²) in [6.07, 6.45) is 1.70. The van der Waals surface area contributed by atoms with Crippen LogP contribution in [0, 0.1) is 0 Å². The maximum absolute atomic E-state index is 12.9. The Bertz CT molecular complexity index is 1370. The van der Waals surface area contributed by atoms with Gasteiger partial charge in [-0.25, -0.2) is 18.1 Å². The van der Waals surface area contributed by atoms with Crippen LogP contribution < -0.4 is 10.1 Å². The van der Waals surface area contributed by atoms with Crippen molar-refractivity contribution in [3.8, 4) is 11.4 Å². The monoisotopic (exact) mass is 476 g/mol. The normalized spacial score (nSPS) is 19.7. The smallest absolute Gasteiger partial charge is 0.387 e. The highest BCUT2D eigenvalue weighted by Gasteiger charge is 2.39. The van der Waals surface area contributed by atoms with E-state index < -0.39 is 27.9 Å². The van der Waals surface area contributed by atoms with E-state index in [-0.39, 0.29) is 22.8 Å². The minimum absolute atomic E-state index is 0.0289. The van der Waals surface area contributed by atoms with E-state index in [9.17, 15) is 22.0 Å². The van der Waals surface area contributed by atoms with Crippen LogP contribution in [0.15, 0.2) is 43.1 Å². The van der Waals surface area contributed by atoms with E-state index in [0.717, 1.165) is 0 Å². The third-order valence-electron chi connectivity index (χ3n) is 5.39. The van der Waals surface area contributed by atoms with Crippen LogP contribution in [-0.2, 0) is 9.84 Å². The molecule has 1 amide bonds. The molecule has 1 atom stereocenters. The molecule has 0 spiro atoms. The first-order chi connectivity index (χ1) is 15.5. The molecule has 0 saturated carbocycles. The summed E-state index contributed by atoms with van der Waals surface area (Å²) in [5, 5.41) is 7.87. The molecule has 1 aliphatic heterocycles. The van der Waals surface area contributed by atoms with Crippen LogP contribution in [0.25, 0.3) is 22.3 Å². The molecule has 1 aromatic carbocycles. The van der Waals surface area contributed by atoms with Gasteiger partial charge in [-0.15, -0.1) is 0 Å². The molecule has 1 aliphatic rings. The van der Waals surface area contributed by atoms with Crippen LogP contribution in [0.5, 0.6) is 5.75 Å². The quantitative estimate of drug-likeness (QED) is 0.585. The van der Waals surface area contributed by atoms with Crippen molar-refractivity contribution in [2.75, 3.05) is 11.5 Å². The second kappa shape index (κ2) is 8.22. The van der Waals surface area contributed by atoms with E-state index in [1.807, 2.05) is 0 Å². The molecule has 2 aromatic heterocycles. The van der Waals surface area contributed by atoms with Crippen molar-refractivity contribution in [3.63, 3.8) is 0 Å². The average Bonchev–Trinajstić information content (AvgIpc) is 3.24. The van der Waals surface area contributed by atoms with Crippen LogP contribution >= 0.6 is 0 Å². The largest absolute Gasteiger partial charge is 0.435 e. The zero-order chi connectivity index (χ0) is 24.0. The van der Waals surface area contributed by atoms with Crippen LogP contribution in [-0.4, -0.2) is 52.7 Å². The van der Waals surface area contributed by atoms with Crippen molar-refractivity contribution < 1.29 is 26.7 Å². The van der Waals surface area contributed by atoms with Crippen molar-refractivity contribution in [2.24, 2.45) is 0 Å². The number of halogens is 2. The Balaban J connectivity index is 1.72. The van der Waals surface area contributed by atoms with Gasteiger partial charge >= 0.3 is 6.61 Å².